The number of thiophene rings is 1. The number of rotatable bonds is 4. The summed E-state index contributed by atoms with van der Waals surface area (Å²) in [6, 6.07) is 12.0. The van der Waals surface area contributed by atoms with Crippen molar-refractivity contribution < 1.29 is 4.79 Å². The quantitative estimate of drug-likeness (QED) is 0.459. The SMILES string of the molecule is CCC(C(=O)N1CCN(c2cccc(C)c2)C(C)C1)n1nc(C)n2c(cc3sccc32)c1=O. The Kier molecular flexibility index (Phi) is 5.48. The Morgan fingerprint density at radius 2 is 2.00 bits per heavy atom. The molecule has 2 atom stereocenters. The van der Waals surface area contributed by atoms with Gasteiger partial charge in [-0.1, -0.05) is 19.1 Å². The van der Waals surface area contributed by atoms with Gasteiger partial charge < -0.3 is 9.80 Å². The topological polar surface area (TPSA) is 62.9 Å². The molecule has 3 aromatic heterocycles. The summed E-state index contributed by atoms with van der Waals surface area (Å²) in [4.78, 5) is 31.2. The predicted octanol–water partition coefficient (Wildman–Crippen LogP) is 4.02. The number of hydrogen-bond acceptors (Lipinski definition) is 5. The lowest BCUT2D eigenvalue weighted by atomic mass is 10.1. The van der Waals surface area contributed by atoms with Crippen molar-refractivity contribution in [2.75, 3.05) is 24.5 Å². The minimum Gasteiger partial charge on any atom is -0.365 e. The van der Waals surface area contributed by atoms with E-state index in [-0.39, 0.29) is 17.5 Å². The Morgan fingerprint density at radius 3 is 2.73 bits per heavy atom. The lowest BCUT2D eigenvalue weighted by Gasteiger charge is -2.42. The highest BCUT2D eigenvalue weighted by Gasteiger charge is 2.32. The van der Waals surface area contributed by atoms with E-state index in [0.717, 1.165) is 16.8 Å². The van der Waals surface area contributed by atoms with Crippen molar-refractivity contribution >= 4 is 38.7 Å². The van der Waals surface area contributed by atoms with Crippen LogP contribution >= 0.6 is 11.3 Å². The fourth-order valence-electron chi connectivity index (χ4n) is 5.02. The Balaban J connectivity index is 1.43. The molecule has 33 heavy (non-hydrogen) atoms. The average molecular weight is 464 g/mol. The third-order valence-corrected chi connectivity index (χ3v) is 7.52. The van der Waals surface area contributed by atoms with E-state index in [9.17, 15) is 9.59 Å². The van der Waals surface area contributed by atoms with Crippen molar-refractivity contribution in [2.24, 2.45) is 0 Å². The molecule has 4 aromatic rings. The van der Waals surface area contributed by atoms with Crippen LogP contribution < -0.4 is 10.5 Å². The minimum absolute atomic E-state index is 0.0278. The Morgan fingerprint density at radius 1 is 1.18 bits per heavy atom. The Hall–Kier alpha value is -3.13. The fraction of sp³-hybridized carbons (Fsp3) is 0.400. The van der Waals surface area contributed by atoms with Gasteiger partial charge in [-0.2, -0.15) is 5.10 Å². The zero-order chi connectivity index (χ0) is 23.3. The smallest absolute Gasteiger partial charge is 0.291 e. The van der Waals surface area contributed by atoms with Crippen LogP contribution in [0.15, 0.2) is 46.6 Å². The van der Waals surface area contributed by atoms with Crippen molar-refractivity contribution in [3.8, 4) is 0 Å². The minimum atomic E-state index is -0.605. The largest absolute Gasteiger partial charge is 0.365 e. The summed E-state index contributed by atoms with van der Waals surface area (Å²) >= 11 is 1.60. The van der Waals surface area contributed by atoms with Crippen LogP contribution in [-0.4, -0.2) is 50.7 Å². The zero-order valence-electron chi connectivity index (χ0n) is 19.5. The molecule has 0 bridgehead atoms. The number of benzene rings is 1. The third kappa shape index (κ3) is 3.62. The molecule has 0 aliphatic carbocycles. The first-order valence-corrected chi connectivity index (χ1v) is 12.4. The van der Waals surface area contributed by atoms with Gasteiger partial charge >= 0.3 is 0 Å². The van der Waals surface area contributed by atoms with Gasteiger partial charge in [-0.25, -0.2) is 4.68 Å². The lowest BCUT2D eigenvalue weighted by molar-refractivity contribution is -0.136. The van der Waals surface area contributed by atoms with Crippen molar-refractivity contribution in [1.82, 2.24) is 19.1 Å². The lowest BCUT2D eigenvalue weighted by Crippen LogP contribution is -2.55. The highest BCUT2D eigenvalue weighted by atomic mass is 32.1. The van der Waals surface area contributed by atoms with Crippen LogP contribution in [-0.2, 0) is 4.79 Å². The summed E-state index contributed by atoms with van der Waals surface area (Å²) < 4.78 is 4.36. The van der Waals surface area contributed by atoms with Crippen LogP contribution in [0.4, 0.5) is 5.69 Å². The molecule has 1 aromatic carbocycles. The number of hydrogen-bond donors (Lipinski definition) is 0. The van der Waals surface area contributed by atoms with Gasteiger partial charge in [-0.3, -0.25) is 14.0 Å². The molecule has 1 saturated heterocycles. The van der Waals surface area contributed by atoms with E-state index in [1.807, 2.05) is 40.7 Å². The van der Waals surface area contributed by atoms with E-state index in [1.54, 1.807) is 11.3 Å². The number of piperazine rings is 1. The van der Waals surface area contributed by atoms with Crippen LogP contribution in [0.25, 0.3) is 15.7 Å². The first-order valence-electron chi connectivity index (χ1n) is 11.5. The number of nitrogens with zero attached hydrogens (tertiary/aromatic N) is 5. The number of carbonyl (C=O) groups is 1. The molecular formula is C25H29N5O2S. The number of anilines is 1. The summed E-state index contributed by atoms with van der Waals surface area (Å²) in [5, 5.41) is 6.61. The summed E-state index contributed by atoms with van der Waals surface area (Å²) in [5.74, 6) is 0.682. The van der Waals surface area contributed by atoms with Gasteiger partial charge in [-0.15, -0.1) is 11.3 Å². The van der Waals surface area contributed by atoms with Gasteiger partial charge in [0.05, 0.1) is 10.2 Å². The van der Waals surface area contributed by atoms with Crippen molar-refractivity contribution in [2.45, 2.75) is 46.2 Å². The molecule has 1 amide bonds. The van der Waals surface area contributed by atoms with Crippen molar-refractivity contribution in [3.63, 3.8) is 0 Å². The van der Waals surface area contributed by atoms with Gasteiger partial charge in [0.1, 0.15) is 17.4 Å². The summed E-state index contributed by atoms with van der Waals surface area (Å²) in [7, 11) is 0. The number of carbonyl (C=O) groups excluding carboxylic acids is 1. The molecule has 0 spiro atoms. The molecule has 4 heterocycles. The van der Waals surface area contributed by atoms with E-state index in [0.29, 0.717) is 30.9 Å². The number of fused-ring (bicyclic) bond motifs is 3. The summed E-state index contributed by atoms with van der Waals surface area (Å²) in [6.45, 7) is 10.1. The molecule has 8 heteroatoms. The number of amides is 1. The van der Waals surface area contributed by atoms with E-state index < -0.39 is 6.04 Å². The molecule has 172 valence electrons. The number of aryl methyl sites for hydroxylation is 2. The first-order chi connectivity index (χ1) is 15.9. The average Bonchev–Trinajstić information content (AvgIpc) is 3.39. The van der Waals surface area contributed by atoms with Crippen molar-refractivity contribution in [3.05, 3.63) is 63.5 Å². The zero-order valence-corrected chi connectivity index (χ0v) is 20.3. The predicted molar refractivity (Wildman–Crippen MR) is 133 cm³/mol. The van der Waals surface area contributed by atoms with Gasteiger partial charge in [0.25, 0.3) is 5.56 Å². The molecule has 1 aliphatic rings. The molecule has 1 aliphatic heterocycles. The molecule has 7 nitrogen and oxygen atoms in total. The second kappa shape index (κ2) is 8.33. The number of aromatic nitrogens is 3. The normalized spacial score (nSPS) is 17.8. The van der Waals surface area contributed by atoms with Crippen LogP contribution in [0.5, 0.6) is 0 Å². The van der Waals surface area contributed by atoms with E-state index >= 15 is 0 Å². The molecule has 0 N–H and O–H groups in total. The molecule has 2 unspecified atom stereocenters. The maximum atomic E-state index is 13.6. The van der Waals surface area contributed by atoms with Gasteiger partial charge in [0.15, 0.2) is 0 Å². The van der Waals surface area contributed by atoms with E-state index in [4.69, 9.17) is 0 Å². The second-order valence-corrected chi connectivity index (χ2v) is 9.87. The van der Waals surface area contributed by atoms with Crippen molar-refractivity contribution in [1.29, 1.82) is 0 Å². The Labute approximate surface area is 196 Å². The standard InChI is InChI=1S/C25H29N5O2S/c1-5-20(30-25(32)22-14-23-21(9-12-33-23)29(22)18(4)26-30)24(31)27-10-11-28(17(3)15-27)19-8-6-7-16(2)13-19/h6-9,12-14,17,20H,5,10-11,15H2,1-4H3. The highest BCUT2D eigenvalue weighted by Crippen LogP contribution is 2.26. The van der Waals surface area contributed by atoms with Crippen LogP contribution in [0.1, 0.15) is 37.7 Å². The second-order valence-electron chi connectivity index (χ2n) is 8.92. The Bertz CT molecular complexity index is 1400. The summed E-state index contributed by atoms with van der Waals surface area (Å²) in [5.41, 5.74) is 3.77. The van der Waals surface area contributed by atoms with Gasteiger partial charge in [0, 0.05) is 31.4 Å². The highest BCUT2D eigenvalue weighted by molar-refractivity contribution is 7.17. The molecule has 1 fully saturated rings. The third-order valence-electron chi connectivity index (χ3n) is 6.67. The van der Waals surface area contributed by atoms with Crippen LogP contribution in [0, 0.1) is 13.8 Å². The fourth-order valence-corrected chi connectivity index (χ4v) is 5.82. The molecule has 5 rings (SSSR count). The summed E-state index contributed by atoms with van der Waals surface area (Å²) in [6.07, 6.45) is 0.517. The maximum absolute atomic E-state index is 13.6. The molecule has 0 saturated carbocycles. The van der Waals surface area contributed by atoms with Gasteiger partial charge in [0.2, 0.25) is 5.91 Å². The maximum Gasteiger partial charge on any atom is 0.291 e. The van der Waals surface area contributed by atoms with Crippen LogP contribution in [0.3, 0.4) is 0 Å². The van der Waals surface area contributed by atoms with Crippen LogP contribution in [0.2, 0.25) is 0 Å². The molecular weight excluding hydrogens is 434 g/mol. The first kappa shape index (κ1) is 21.7. The molecule has 0 radical (unpaired) electrons. The monoisotopic (exact) mass is 463 g/mol. The van der Waals surface area contributed by atoms with E-state index in [2.05, 4.69) is 48.1 Å². The van der Waals surface area contributed by atoms with E-state index in [1.165, 1.54) is 15.9 Å². The van der Waals surface area contributed by atoms with Gasteiger partial charge in [-0.05, 0) is 62.4 Å².